The Morgan fingerprint density at radius 3 is 2.68 bits per heavy atom. The van der Waals surface area contributed by atoms with E-state index in [9.17, 15) is 14.7 Å². The van der Waals surface area contributed by atoms with Crippen molar-refractivity contribution < 1.29 is 19.8 Å². The van der Waals surface area contributed by atoms with Crippen LogP contribution in [0.4, 0.5) is 0 Å². The molecule has 2 rings (SSSR count). The molecule has 1 atom stereocenters. The van der Waals surface area contributed by atoms with E-state index < -0.39 is 17.9 Å². The normalized spacial score (nSPS) is 11.9. The number of aryl methyl sites for hydroxylation is 2. The lowest BCUT2D eigenvalue weighted by Crippen LogP contribution is -2.30. The summed E-state index contributed by atoms with van der Waals surface area (Å²) in [6.07, 6.45) is 1.29. The zero-order valence-electron chi connectivity index (χ0n) is 12.3. The zero-order chi connectivity index (χ0) is 16.3. The minimum atomic E-state index is -1.04. The summed E-state index contributed by atoms with van der Waals surface area (Å²) in [5, 5.41) is 25.3. The van der Waals surface area contributed by atoms with E-state index in [1.165, 1.54) is 16.8 Å². The van der Waals surface area contributed by atoms with Crippen molar-refractivity contribution in [2.45, 2.75) is 19.4 Å². The second kappa shape index (κ2) is 6.30. The first-order valence-corrected chi connectivity index (χ1v) is 6.68. The van der Waals surface area contributed by atoms with Gasteiger partial charge in [0, 0.05) is 13.2 Å². The van der Waals surface area contributed by atoms with Gasteiger partial charge in [0.05, 0.1) is 23.7 Å². The van der Waals surface area contributed by atoms with Gasteiger partial charge in [-0.15, -0.1) is 0 Å². The third-order valence-electron chi connectivity index (χ3n) is 3.21. The van der Waals surface area contributed by atoms with Gasteiger partial charge in [-0.2, -0.15) is 5.10 Å². The van der Waals surface area contributed by atoms with Gasteiger partial charge in [0.25, 0.3) is 5.91 Å². The van der Waals surface area contributed by atoms with Crippen molar-refractivity contribution in [3.05, 3.63) is 47.3 Å². The van der Waals surface area contributed by atoms with Crippen LogP contribution in [0.5, 0.6) is 5.75 Å². The van der Waals surface area contributed by atoms with Crippen LogP contribution < -0.4 is 5.32 Å². The van der Waals surface area contributed by atoms with Gasteiger partial charge in [0.2, 0.25) is 0 Å². The van der Waals surface area contributed by atoms with Crippen molar-refractivity contribution in [2.75, 3.05) is 0 Å². The van der Waals surface area contributed by atoms with Crippen LogP contribution in [-0.4, -0.2) is 31.9 Å². The Morgan fingerprint density at radius 2 is 2.14 bits per heavy atom. The van der Waals surface area contributed by atoms with Crippen LogP contribution in [0.3, 0.4) is 0 Å². The number of rotatable bonds is 5. The molecule has 22 heavy (non-hydrogen) atoms. The fraction of sp³-hybridized carbons (Fsp3) is 0.267. The molecule has 1 aromatic heterocycles. The lowest BCUT2D eigenvalue weighted by molar-refractivity contribution is -0.137. The monoisotopic (exact) mass is 303 g/mol. The molecule has 116 valence electrons. The summed E-state index contributed by atoms with van der Waals surface area (Å²) in [5.74, 6) is -1.43. The minimum Gasteiger partial charge on any atom is -0.508 e. The Morgan fingerprint density at radius 1 is 1.41 bits per heavy atom. The summed E-state index contributed by atoms with van der Waals surface area (Å²) in [4.78, 5) is 23.3. The van der Waals surface area contributed by atoms with Gasteiger partial charge in [-0.25, -0.2) is 0 Å². The van der Waals surface area contributed by atoms with E-state index in [1.807, 2.05) is 0 Å². The molecule has 0 saturated carbocycles. The van der Waals surface area contributed by atoms with E-state index in [0.717, 1.165) is 0 Å². The second-order valence-electron chi connectivity index (χ2n) is 5.02. The predicted molar refractivity (Wildman–Crippen MR) is 78.5 cm³/mol. The molecule has 1 unspecified atom stereocenters. The number of aromatic nitrogens is 2. The molecule has 2 aromatic rings. The Labute approximate surface area is 127 Å². The summed E-state index contributed by atoms with van der Waals surface area (Å²) in [7, 11) is 1.70. The number of carbonyl (C=O) groups is 2. The summed E-state index contributed by atoms with van der Waals surface area (Å²) in [6.45, 7) is 1.70. The number of nitrogens with zero attached hydrogens (tertiary/aromatic N) is 2. The average molecular weight is 303 g/mol. The molecule has 1 heterocycles. The van der Waals surface area contributed by atoms with Crippen LogP contribution in [0, 0.1) is 6.92 Å². The average Bonchev–Trinajstić information content (AvgIpc) is 2.76. The molecule has 0 spiro atoms. The Hall–Kier alpha value is -2.83. The topological polar surface area (TPSA) is 104 Å². The summed E-state index contributed by atoms with van der Waals surface area (Å²) >= 11 is 0. The lowest BCUT2D eigenvalue weighted by atomic mass is 10.0. The maximum Gasteiger partial charge on any atom is 0.305 e. The smallest absolute Gasteiger partial charge is 0.305 e. The van der Waals surface area contributed by atoms with E-state index in [2.05, 4.69) is 10.4 Å². The van der Waals surface area contributed by atoms with Gasteiger partial charge in [0.15, 0.2) is 0 Å². The zero-order valence-corrected chi connectivity index (χ0v) is 12.3. The number of carboxylic acid groups (broad SMARTS) is 1. The van der Waals surface area contributed by atoms with E-state index in [0.29, 0.717) is 16.8 Å². The van der Waals surface area contributed by atoms with Crippen molar-refractivity contribution in [1.82, 2.24) is 15.1 Å². The first-order chi connectivity index (χ1) is 10.4. The van der Waals surface area contributed by atoms with E-state index >= 15 is 0 Å². The number of amides is 1. The highest BCUT2D eigenvalue weighted by Crippen LogP contribution is 2.22. The van der Waals surface area contributed by atoms with Gasteiger partial charge in [-0.1, -0.05) is 12.1 Å². The molecular formula is C15H17N3O4. The minimum absolute atomic E-state index is 0.0136. The van der Waals surface area contributed by atoms with Crippen molar-refractivity contribution in [2.24, 2.45) is 7.05 Å². The number of aliphatic carboxylic acids is 1. The number of phenols is 1. The number of hydrogen-bond acceptors (Lipinski definition) is 4. The van der Waals surface area contributed by atoms with Gasteiger partial charge in [-0.3, -0.25) is 14.3 Å². The molecule has 0 bridgehead atoms. The summed E-state index contributed by atoms with van der Waals surface area (Å²) < 4.78 is 1.52. The Kier molecular flexibility index (Phi) is 4.45. The molecule has 1 aromatic carbocycles. The Bertz CT molecular complexity index is 709. The number of benzene rings is 1. The molecule has 0 saturated heterocycles. The molecule has 7 heteroatoms. The Balaban J connectivity index is 2.25. The number of aromatic hydroxyl groups is 1. The fourth-order valence-corrected chi connectivity index (χ4v) is 2.23. The maximum atomic E-state index is 12.3. The molecule has 0 fully saturated rings. The fourth-order valence-electron chi connectivity index (χ4n) is 2.23. The maximum absolute atomic E-state index is 12.3. The largest absolute Gasteiger partial charge is 0.508 e. The van der Waals surface area contributed by atoms with E-state index in [1.54, 1.807) is 32.3 Å². The van der Waals surface area contributed by atoms with Crippen LogP contribution in [0.15, 0.2) is 30.5 Å². The highest BCUT2D eigenvalue weighted by molar-refractivity contribution is 5.95. The van der Waals surface area contributed by atoms with Crippen molar-refractivity contribution in [3.63, 3.8) is 0 Å². The van der Waals surface area contributed by atoms with Gasteiger partial charge in [0.1, 0.15) is 5.75 Å². The summed E-state index contributed by atoms with van der Waals surface area (Å²) in [6, 6.07) is 5.43. The highest BCUT2D eigenvalue weighted by Gasteiger charge is 2.21. The molecule has 0 aliphatic heterocycles. The van der Waals surface area contributed by atoms with Crippen LogP contribution in [0.1, 0.15) is 34.1 Å². The molecule has 1 amide bonds. The third kappa shape index (κ3) is 3.63. The quantitative estimate of drug-likeness (QED) is 0.774. The van der Waals surface area contributed by atoms with Gasteiger partial charge < -0.3 is 15.5 Å². The number of carbonyl (C=O) groups excluding carboxylic acids is 1. The third-order valence-corrected chi connectivity index (χ3v) is 3.21. The van der Waals surface area contributed by atoms with Crippen LogP contribution in [-0.2, 0) is 11.8 Å². The first kappa shape index (κ1) is 15.6. The second-order valence-corrected chi connectivity index (χ2v) is 5.02. The molecule has 3 N–H and O–H groups in total. The number of hydrogen-bond donors (Lipinski definition) is 3. The number of phenolic OH excluding ortho intramolecular Hbond substituents is 1. The van der Waals surface area contributed by atoms with Crippen LogP contribution in [0.25, 0.3) is 0 Å². The predicted octanol–water partition coefficient (Wildman–Crippen LogP) is 1.38. The first-order valence-electron chi connectivity index (χ1n) is 6.68. The molecule has 7 nitrogen and oxygen atoms in total. The number of carboxylic acids is 1. The number of nitrogens with one attached hydrogen (secondary N) is 1. The standard InChI is InChI=1S/C15H17N3O4/c1-9-12(8-18(2)17-9)15(22)16-13(7-14(20)21)10-4-3-5-11(19)6-10/h3-6,8,13,19H,7H2,1-2H3,(H,16,22)(H,20,21). The van der Waals surface area contributed by atoms with Crippen LogP contribution in [0.2, 0.25) is 0 Å². The van der Waals surface area contributed by atoms with Crippen molar-refractivity contribution in [3.8, 4) is 5.75 Å². The molecule has 0 aliphatic rings. The highest BCUT2D eigenvalue weighted by atomic mass is 16.4. The molecule has 0 aliphatic carbocycles. The molecule has 0 radical (unpaired) electrons. The van der Waals surface area contributed by atoms with Gasteiger partial charge in [-0.05, 0) is 24.6 Å². The van der Waals surface area contributed by atoms with Crippen LogP contribution >= 0.6 is 0 Å². The summed E-state index contributed by atoms with van der Waals surface area (Å²) in [5.41, 5.74) is 1.47. The van der Waals surface area contributed by atoms with Crippen molar-refractivity contribution >= 4 is 11.9 Å². The van der Waals surface area contributed by atoms with Gasteiger partial charge >= 0.3 is 5.97 Å². The SMILES string of the molecule is Cc1nn(C)cc1C(=O)NC(CC(=O)O)c1cccc(O)c1. The molecular weight excluding hydrogens is 286 g/mol. The van der Waals surface area contributed by atoms with E-state index in [4.69, 9.17) is 5.11 Å². The lowest BCUT2D eigenvalue weighted by Gasteiger charge is -2.17. The van der Waals surface area contributed by atoms with Crippen molar-refractivity contribution in [1.29, 1.82) is 0 Å². The van der Waals surface area contributed by atoms with E-state index in [-0.39, 0.29) is 12.2 Å².